The van der Waals surface area contributed by atoms with E-state index in [2.05, 4.69) is 15.6 Å². The van der Waals surface area contributed by atoms with Gasteiger partial charge in [-0.3, -0.25) is 9.78 Å². The Kier molecular flexibility index (Phi) is 4.95. The van der Waals surface area contributed by atoms with Crippen LogP contribution in [0.5, 0.6) is 0 Å². The molecule has 1 heterocycles. The van der Waals surface area contributed by atoms with Crippen molar-refractivity contribution in [2.75, 3.05) is 10.6 Å². The highest BCUT2D eigenvalue weighted by Crippen LogP contribution is 2.22. The van der Waals surface area contributed by atoms with Gasteiger partial charge in [-0.1, -0.05) is 23.7 Å². The lowest BCUT2D eigenvalue weighted by Gasteiger charge is -2.10. The Morgan fingerprint density at radius 3 is 2.72 bits per heavy atom. The van der Waals surface area contributed by atoms with Gasteiger partial charge in [0.05, 0.1) is 17.4 Å². The van der Waals surface area contributed by atoms with Crippen molar-refractivity contribution in [2.24, 2.45) is 0 Å². The first-order valence-electron chi connectivity index (χ1n) is 7.56. The van der Waals surface area contributed by atoms with E-state index in [1.165, 1.54) is 18.3 Å². The van der Waals surface area contributed by atoms with E-state index in [4.69, 9.17) is 11.6 Å². The number of hydrogen-bond donors (Lipinski definition) is 2. The van der Waals surface area contributed by atoms with Crippen LogP contribution in [0.15, 0.2) is 60.9 Å². The molecular weight excluding hydrogens is 341 g/mol. The van der Waals surface area contributed by atoms with Gasteiger partial charge < -0.3 is 10.6 Å². The van der Waals surface area contributed by atoms with Crippen LogP contribution in [0.2, 0.25) is 5.02 Å². The highest BCUT2D eigenvalue weighted by molar-refractivity contribution is 6.31. The monoisotopic (exact) mass is 355 g/mol. The Morgan fingerprint density at radius 2 is 1.92 bits per heavy atom. The second-order valence-corrected chi connectivity index (χ2v) is 5.95. The van der Waals surface area contributed by atoms with E-state index in [1.54, 1.807) is 36.5 Å². The Balaban J connectivity index is 1.78. The maximum atomic E-state index is 13.3. The van der Waals surface area contributed by atoms with Gasteiger partial charge in [-0.25, -0.2) is 4.39 Å². The fourth-order valence-electron chi connectivity index (χ4n) is 2.29. The number of rotatable bonds is 4. The SMILES string of the molecule is Cc1ccc(Cl)cc1NC(=O)c1cncc(Nc2cccc(F)c2)c1. The molecule has 0 aliphatic carbocycles. The normalized spacial score (nSPS) is 10.4. The van der Waals surface area contributed by atoms with E-state index in [0.29, 0.717) is 27.6 Å². The summed E-state index contributed by atoms with van der Waals surface area (Å²) in [6.07, 6.45) is 3.03. The Hall–Kier alpha value is -2.92. The standard InChI is InChI=1S/C19H15ClFN3O/c1-12-5-6-14(20)8-18(12)24-19(25)13-7-17(11-22-10-13)23-16-4-2-3-15(21)9-16/h2-11,23H,1H3,(H,24,25). The fraction of sp³-hybridized carbons (Fsp3) is 0.0526. The molecule has 0 atom stereocenters. The molecule has 0 bridgehead atoms. The third-order valence-corrected chi connectivity index (χ3v) is 3.80. The molecule has 2 N–H and O–H groups in total. The van der Waals surface area contributed by atoms with Crippen molar-refractivity contribution in [3.63, 3.8) is 0 Å². The number of hydrogen-bond acceptors (Lipinski definition) is 3. The van der Waals surface area contributed by atoms with Crippen LogP contribution in [-0.4, -0.2) is 10.9 Å². The molecule has 0 fully saturated rings. The van der Waals surface area contributed by atoms with E-state index in [1.807, 2.05) is 13.0 Å². The molecular formula is C19H15ClFN3O. The molecule has 3 rings (SSSR count). The van der Waals surface area contributed by atoms with E-state index < -0.39 is 0 Å². The molecule has 3 aromatic rings. The molecule has 1 aromatic heterocycles. The second-order valence-electron chi connectivity index (χ2n) is 5.51. The first-order chi connectivity index (χ1) is 12.0. The van der Waals surface area contributed by atoms with Crippen LogP contribution < -0.4 is 10.6 Å². The van der Waals surface area contributed by atoms with Gasteiger partial charge in [0.2, 0.25) is 0 Å². The highest BCUT2D eigenvalue weighted by Gasteiger charge is 2.10. The number of amides is 1. The second kappa shape index (κ2) is 7.32. The van der Waals surface area contributed by atoms with E-state index in [9.17, 15) is 9.18 Å². The zero-order valence-electron chi connectivity index (χ0n) is 13.4. The number of aryl methyl sites for hydroxylation is 1. The fourth-order valence-corrected chi connectivity index (χ4v) is 2.46. The highest BCUT2D eigenvalue weighted by atomic mass is 35.5. The number of anilines is 3. The van der Waals surface area contributed by atoms with Crippen LogP contribution in [0, 0.1) is 12.7 Å². The largest absolute Gasteiger partial charge is 0.354 e. The van der Waals surface area contributed by atoms with Crippen molar-refractivity contribution in [3.05, 3.63) is 82.9 Å². The number of nitrogens with zero attached hydrogens (tertiary/aromatic N) is 1. The number of aromatic nitrogens is 1. The van der Waals surface area contributed by atoms with E-state index in [0.717, 1.165) is 5.56 Å². The molecule has 0 saturated carbocycles. The van der Waals surface area contributed by atoms with Gasteiger partial charge in [0.1, 0.15) is 5.82 Å². The Labute approximate surface area is 149 Å². The molecule has 1 amide bonds. The molecule has 0 spiro atoms. The van der Waals surface area contributed by atoms with Crippen LogP contribution in [-0.2, 0) is 0 Å². The molecule has 0 aliphatic rings. The van der Waals surface area contributed by atoms with Gasteiger partial charge in [-0.2, -0.15) is 0 Å². The van der Waals surface area contributed by atoms with Gasteiger partial charge in [0.15, 0.2) is 0 Å². The van der Waals surface area contributed by atoms with Crippen LogP contribution in [0.4, 0.5) is 21.5 Å². The van der Waals surface area contributed by atoms with Gasteiger partial charge in [0, 0.05) is 22.6 Å². The third-order valence-electron chi connectivity index (χ3n) is 3.56. The summed E-state index contributed by atoms with van der Waals surface area (Å²) in [5.74, 6) is -0.649. The molecule has 0 unspecified atom stereocenters. The number of nitrogens with one attached hydrogen (secondary N) is 2. The molecule has 2 aromatic carbocycles. The topological polar surface area (TPSA) is 54.0 Å². The number of halogens is 2. The summed E-state index contributed by atoms with van der Waals surface area (Å²) in [6, 6.07) is 13.0. The summed E-state index contributed by atoms with van der Waals surface area (Å²) >= 11 is 5.97. The molecule has 6 heteroatoms. The number of carbonyl (C=O) groups excluding carboxylic acids is 1. The number of benzene rings is 2. The Bertz CT molecular complexity index is 930. The average molecular weight is 356 g/mol. The average Bonchev–Trinajstić information content (AvgIpc) is 2.58. The molecule has 0 radical (unpaired) electrons. The van der Waals surface area contributed by atoms with Crippen molar-refractivity contribution in [2.45, 2.75) is 6.92 Å². The third kappa shape index (κ3) is 4.33. The van der Waals surface area contributed by atoms with Crippen molar-refractivity contribution in [3.8, 4) is 0 Å². The smallest absolute Gasteiger partial charge is 0.257 e. The predicted octanol–water partition coefficient (Wildman–Crippen LogP) is 5.18. The Morgan fingerprint density at radius 1 is 1.08 bits per heavy atom. The quantitative estimate of drug-likeness (QED) is 0.678. The number of carbonyl (C=O) groups is 1. The summed E-state index contributed by atoms with van der Waals surface area (Å²) in [6.45, 7) is 1.88. The lowest BCUT2D eigenvalue weighted by molar-refractivity contribution is 0.102. The van der Waals surface area contributed by atoms with Crippen molar-refractivity contribution < 1.29 is 9.18 Å². The van der Waals surface area contributed by atoms with Gasteiger partial charge in [-0.05, 0) is 48.9 Å². The van der Waals surface area contributed by atoms with Crippen molar-refractivity contribution >= 4 is 34.6 Å². The van der Waals surface area contributed by atoms with Crippen LogP contribution in [0.25, 0.3) is 0 Å². The summed E-state index contributed by atoms with van der Waals surface area (Å²) in [5, 5.41) is 6.38. The maximum absolute atomic E-state index is 13.3. The zero-order valence-corrected chi connectivity index (χ0v) is 14.1. The molecule has 0 aliphatic heterocycles. The summed E-state index contributed by atoms with van der Waals surface area (Å²) in [4.78, 5) is 16.5. The van der Waals surface area contributed by atoms with E-state index >= 15 is 0 Å². The predicted molar refractivity (Wildman–Crippen MR) is 98.1 cm³/mol. The minimum absolute atomic E-state index is 0.305. The minimum Gasteiger partial charge on any atom is -0.354 e. The number of pyridine rings is 1. The van der Waals surface area contributed by atoms with Gasteiger partial charge in [-0.15, -0.1) is 0 Å². The van der Waals surface area contributed by atoms with Gasteiger partial charge >= 0.3 is 0 Å². The van der Waals surface area contributed by atoms with Crippen LogP contribution in [0.3, 0.4) is 0 Å². The van der Waals surface area contributed by atoms with Crippen LogP contribution >= 0.6 is 11.6 Å². The zero-order chi connectivity index (χ0) is 17.8. The molecule has 126 valence electrons. The lowest BCUT2D eigenvalue weighted by atomic mass is 10.2. The first-order valence-corrected chi connectivity index (χ1v) is 7.94. The minimum atomic E-state index is -0.344. The molecule has 0 saturated heterocycles. The van der Waals surface area contributed by atoms with Gasteiger partial charge in [0.25, 0.3) is 5.91 Å². The summed E-state index contributed by atoms with van der Waals surface area (Å²) in [7, 11) is 0. The van der Waals surface area contributed by atoms with Crippen LogP contribution in [0.1, 0.15) is 15.9 Å². The van der Waals surface area contributed by atoms with Crippen molar-refractivity contribution in [1.82, 2.24) is 4.98 Å². The summed E-state index contributed by atoms with van der Waals surface area (Å²) in [5.41, 5.74) is 3.08. The molecule has 25 heavy (non-hydrogen) atoms. The van der Waals surface area contributed by atoms with Crippen molar-refractivity contribution in [1.29, 1.82) is 0 Å². The first kappa shape index (κ1) is 16.9. The summed E-state index contributed by atoms with van der Waals surface area (Å²) < 4.78 is 13.3. The maximum Gasteiger partial charge on any atom is 0.257 e. The van der Waals surface area contributed by atoms with E-state index in [-0.39, 0.29) is 11.7 Å². The lowest BCUT2D eigenvalue weighted by Crippen LogP contribution is -2.13. The molecule has 4 nitrogen and oxygen atoms in total.